The van der Waals surface area contributed by atoms with Gasteiger partial charge >= 0.3 is 0 Å². The van der Waals surface area contributed by atoms with Gasteiger partial charge < -0.3 is 9.80 Å². The lowest BCUT2D eigenvalue weighted by molar-refractivity contribution is 0.332. The molecule has 3 aliphatic carbocycles. The average molecular weight is 841 g/mol. The molecule has 3 heteroatoms. The Morgan fingerprint density at radius 3 is 1.58 bits per heavy atom. The van der Waals surface area contributed by atoms with Crippen LogP contribution in [0.2, 0.25) is 0 Å². The van der Waals surface area contributed by atoms with Gasteiger partial charge in [0.25, 0.3) is 6.71 Å². The van der Waals surface area contributed by atoms with E-state index >= 15 is 0 Å². The third-order valence-corrected chi connectivity index (χ3v) is 17.2. The van der Waals surface area contributed by atoms with Crippen LogP contribution in [-0.2, 0) is 32.5 Å². The maximum absolute atomic E-state index is 2.73. The van der Waals surface area contributed by atoms with E-state index in [0.29, 0.717) is 0 Å². The van der Waals surface area contributed by atoms with Crippen molar-refractivity contribution in [3.8, 4) is 11.1 Å². The number of nitrogens with zero attached hydrogens (tertiary/aromatic N) is 2. The molecule has 0 saturated carbocycles. The van der Waals surface area contributed by atoms with Crippen LogP contribution in [0.3, 0.4) is 0 Å². The number of anilines is 6. The van der Waals surface area contributed by atoms with Gasteiger partial charge in [-0.25, -0.2) is 0 Å². The summed E-state index contributed by atoms with van der Waals surface area (Å²) in [4.78, 5) is 5.41. The minimum absolute atomic E-state index is 0.0492. The Kier molecular flexibility index (Phi) is 8.52. The summed E-state index contributed by atoms with van der Waals surface area (Å²) in [5.41, 5.74) is 28.3. The van der Waals surface area contributed by atoms with Crippen molar-refractivity contribution in [2.75, 3.05) is 9.80 Å². The Labute approximate surface area is 385 Å². The molecule has 0 unspecified atom stereocenters. The largest absolute Gasteiger partial charge is 0.311 e. The maximum Gasteiger partial charge on any atom is 0.252 e. The van der Waals surface area contributed by atoms with Gasteiger partial charge in [0.05, 0.1) is 0 Å². The molecule has 2 nitrogen and oxygen atoms in total. The van der Waals surface area contributed by atoms with Crippen LogP contribution in [0.1, 0.15) is 159 Å². The van der Waals surface area contributed by atoms with E-state index in [1.807, 2.05) is 0 Å². The van der Waals surface area contributed by atoms with Crippen LogP contribution < -0.4 is 26.2 Å². The Morgan fingerprint density at radius 1 is 0.406 bits per heavy atom. The van der Waals surface area contributed by atoms with Crippen molar-refractivity contribution >= 4 is 57.2 Å². The molecule has 5 aliphatic rings. The quantitative estimate of drug-likeness (QED) is 0.164. The Hall–Kier alpha value is -5.02. The molecular formula is C61H69BN2. The second-order valence-corrected chi connectivity index (χ2v) is 24.9. The molecule has 0 fully saturated rings. The molecule has 64 heavy (non-hydrogen) atoms. The predicted molar refractivity (Wildman–Crippen MR) is 277 cm³/mol. The van der Waals surface area contributed by atoms with Crippen molar-refractivity contribution in [2.45, 2.75) is 162 Å². The summed E-state index contributed by atoms with van der Waals surface area (Å²) < 4.78 is 0. The van der Waals surface area contributed by atoms with Gasteiger partial charge in [0.2, 0.25) is 0 Å². The molecule has 2 aliphatic heterocycles. The van der Waals surface area contributed by atoms with E-state index in [0.717, 1.165) is 12.8 Å². The average Bonchev–Trinajstić information content (AvgIpc) is 3.53. The molecule has 0 atom stereocenters. The molecule has 0 radical (unpaired) electrons. The molecular weight excluding hydrogens is 771 g/mol. The topological polar surface area (TPSA) is 6.48 Å². The first-order chi connectivity index (χ1) is 29.9. The fourth-order valence-corrected chi connectivity index (χ4v) is 14.5. The minimum atomic E-state index is 0.0492. The van der Waals surface area contributed by atoms with Crippen LogP contribution in [0.4, 0.5) is 34.1 Å². The summed E-state index contributed by atoms with van der Waals surface area (Å²) in [6, 6.07) is 39.0. The van der Waals surface area contributed by atoms with Crippen LogP contribution in [0.25, 0.3) is 11.1 Å². The van der Waals surface area contributed by atoms with Crippen molar-refractivity contribution in [1.82, 2.24) is 0 Å². The van der Waals surface area contributed by atoms with Gasteiger partial charge in [-0.3, -0.25) is 0 Å². The van der Waals surface area contributed by atoms with Gasteiger partial charge in [-0.2, -0.15) is 0 Å². The lowest BCUT2D eigenvalue weighted by atomic mass is 9.33. The highest BCUT2D eigenvalue weighted by Gasteiger charge is 2.49. The first-order valence-electron chi connectivity index (χ1n) is 24.4. The molecule has 6 aromatic carbocycles. The smallest absolute Gasteiger partial charge is 0.252 e. The van der Waals surface area contributed by atoms with Crippen LogP contribution >= 0.6 is 0 Å². The fourth-order valence-electron chi connectivity index (χ4n) is 14.5. The number of hydrogen-bond acceptors (Lipinski definition) is 2. The fraction of sp³-hybridized carbons (Fsp3) is 0.410. The molecule has 0 N–H and O–H groups in total. The normalized spacial score (nSPS) is 20.5. The highest BCUT2D eigenvalue weighted by Crippen LogP contribution is 2.57. The summed E-state index contributed by atoms with van der Waals surface area (Å²) in [5, 5.41) is 0. The van der Waals surface area contributed by atoms with Crippen LogP contribution in [0, 0.1) is 20.8 Å². The van der Waals surface area contributed by atoms with E-state index in [-0.39, 0.29) is 39.2 Å². The lowest BCUT2D eigenvalue weighted by Crippen LogP contribution is -2.62. The zero-order valence-corrected chi connectivity index (χ0v) is 41.5. The van der Waals surface area contributed by atoms with E-state index < -0.39 is 0 Å². The number of hydrogen-bond donors (Lipinski definition) is 0. The van der Waals surface area contributed by atoms with Crippen molar-refractivity contribution in [1.29, 1.82) is 0 Å². The van der Waals surface area contributed by atoms with E-state index in [1.165, 1.54) is 125 Å². The van der Waals surface area contributed by atoms with Gasteiger partial charge in [-0.1, -0.05) is 144 Å². The molecule has 0 saturated heterocycles. The summed E-state index contributed by atoms with van der Waals surface area (Å²) in [7, 11) is 0. The molecule has 11 rings (SSSR count). The molecule has 0 spiro atoms. The predicted octanol–water partition coefficient (Wildman–Crippen LogP) is 14.6. The Bertz CT molecular complexity index is 2990. The third-order valence-electron chi connectivity index (χ3n) is 17.2. The highest BCUT2D eigenvalue weighted by molar-refractivity contribution is 7.00. The molecule has 0 bridgehead atoms. The zero-order valence-electron chi connectivity index (χ0n) is 41.5. The van der Waals surface area contributed by atoms with E-state index in [4.69, 9.17) is 0 Å². The standard InChI is InChI=1S/C61H69BN2/c1-36-27-52-55-53(28-36)64(50-32-45-42(29-37(50)2)59(10,11)34-60(45,12)13)51-33-44-43(56(4,5)25-26-57(44,6)7)31-47(51)62(55)46-30-40(39-19-17-16-18-20-39)21-23-49(46)63(52)48-24-22-41-54(38(48)3)61(14,15)35-58(41,8)9/h16-24,27-33H,25-26,34-35H2,1-15H3. The number of fused-ring (bicyclic) bond motifs is 7. The van der Waals surface area contributed by atoms with Crippen LogP contribution in [-0.4, -0.2) is 6.71 Å². The first-order valence-corrected chi connectivity index (χ1v) is 24.4. The van der Waals surface area contributed by atoms with Crippen molar-refractivity contribution in [2.24, 2.45) is 0 Å². The minimum Gasteiger partial charge on any atom is -0.311 e. The molecule has 2 heterocycles. The summed E-state index contributed by atoms with van der Waals surface area (Å²) >= 11 is 0. The Balaban J connectivity index is 1.27. The summed E-state index contributed by atoms with van der Waals surface area (Å²) in [5.74, 6) is 0. The lowest BCUT2D eigenvalue weighted by Gasteiger charge is -2.48. The van der Waals surface area contributed by atoms with Crippen molar-refractivity contribution in [3.05, 3.63) is 147 Å². The number of rotatable bonds is 3. The van der Waals surface area contributed by atoms with Gasteiger partial charge in [0, 0.05) is 34.1 Å². The molecule has 0 amide bonds. The van der Waals surface area contributed by atoms with Crippen LogP contribution in [0.15, 0.2) is 97.1 Å². The SMILES string of the molecule is Cc1cc2c3c(c1)N(c1ccc4c(c1C)C(C)(C)CC4(C)C)c1ccc(-c4ccccc4)cc1B3c1cc3c(cc1N2c1cc2c(cc1C)C(C)(C)CC2(C)C)C(C)(C)CCC3(C)C. The van der Waals surface area contributed by atoms with E-state index in [1.54, 1.807) is 0 Å². The summed E-state index contributed by atoms with van der Waals surface area (Å²) in [6.45, 7) is 36.8. The molecule has 6 aromatic rings. The Morgan fingerprint density at radius 2 is 0.922 bits per heavy atom. The number of aryl methyl sites for hydroxylation is 2. The van der Waals surface area contributed by atoms with E-state index in [2.05, 4.69) is 211 Å². The molecule has 0 aromatic heterocycles. The van der Waals surface area contributed by atoms with Gasteiger partial charge in [0.1, 0.15) is 0 Å². The van der Waals surface area contributed by atoms with Gasteiger partial charge in [-0.15, -0.1) is 0 Å². The van der Waals surface area contributed by atoms with Gasteiger partial charge in [-0.05, 0) is 193 Å². The van der Waals surface area contributed by atoms with E-state index in [9.17, 15) is 0 Å². The second-order valence-electron chi connectivity index (χ2n) is 24.9. The first kappa shape index (κ1) is 41.7. The third kappa shape index (κ3) is 5.77. The number of benzene rings is 6. The zero-order chi connectivity index (χ0) is 45.4. The van der Waals surface area contributed by atoms with Crippen molar-refractivity contribution in [3.63, 3.8) is 0 Å². The monoisotopic (exact) mass is 841 g/mol. The molecule has 326 valence electrons. The maximum atomic E-state index is 2.73. The highest BCUT2D eigenvalue weighted by atomic mass is 15.2. The summed E-state index contributed by atoms with van der Waals surface area (Å²) in [6.07, 6.45) is 4.67. The van der Waals surface area contributed by atoms with Crippen LogP contribution in [0.5, 0.6) is 0 Å². The van der Waals surface area contributed by atoms with Gasteiger partial charge in [0.15, 0.2) is 0 Å². The van der Waals surface area contributed by atoms with Crippen molar-refractivity contribution < 1.29 is 0 Å². The second kappa shape index (κ2) is 13.1.